The Labute approximate surface area is 201 Å². The SMILES string of the molecule is Cc1cc(OCCCN2CCCC2=O)cc(C)c1-c1cccc(COc2ccc(C=O)cc2)c1. The predicted molar refractivity (Wildman–Crippen MR) is 133 cm³/mol. The zero-order chi connectivity index (χ0) is 23.9. The minimum Gasteiger partial charge on any atom is -0.494 e. The van der Waals surface area contributed by atoms with Gasteiger partial charge in [-0.15, -0.1) is 0 Å². The van der Waals surface area contributed by atoms with E-state index in [-0.39, 0.29) is 5.91 Å². The lowest BCUT2D eigenvalue weighted by Crippen LogP contribution is -2.26. The summed E-state index contributed by atoms with van der Waals surface area (Å²) >= 11 is 0. The minimum absolute atomic E-state index is 0.263. The Bertz CT molecular complexity index is 1130. The highest BCUT2D eigenvalue weighted by atomic mass is 16.5. The summed E-state index contributed by atoms with van der Waals surface area (Å²) in [4.78, 5) is 24.5. The van der Waals surface area contributed by atoms with E-state index in [0.29, 0.717) is 25.2 Å². The van der Waals surface area contributed by atoms with Crippen molar-refractivity contribution < 1.29 is 19.1 Å². The molecular formula is C29H31NO4. The molecule has 176 valence electrons. The first-order valence-electron chi connectivity index (χ1n) is 11.8. The van der Waals surface area contributed by atoms with E-state index in [1.54, 1.807) is 12.1 Å². The molecule has 1 amide bonds. The molecule has 0 N–H and O–H groups in total. The Morgan fingerprint density at radius 2 is 1.71 bits per heavy atom. The van der Waals surface area contributed by atoms with Crippen molar-refractivity contribution in [2.75, 3.05) is 19.7 Å². The van der Waals surface area contributed by atoms with Gasteiger partial charge in [-0.2, -0.15) is 0 Å². The number of ether oxygens (including phenoxy) is 2. The van der Waals surface area contributed by atoms with Gasteiger partial charge in [0.05, 0.1) is 6.61 Å². The number of aryl methyl sites for hydroxylation is 2. The van der Waals surface area contributed by atoms with Crippen molar-refractivity contribution in [2.24, 2.45) is 0 Å². The van der Waals surface area contributed by atoms with Gasteiger partial charge in [0.25, 0.3) is 0 Å². The molecule has 1 heterocycles. The van der Waals surface area contributed by atoms with E-state index in [9.17, 15) is 9.59 Å². The van der Waals surface area contributed by atoms with E-state index in [1.165, 1.54) is 5.56 Å². The van der Waals surface area contributed by atoms with Crippen molar-refractivity contribution in [3.63, 3.8) is 0 Å². The minimum atomic E-state index is 0.263. The summed E-state index contributed by atoms with van der Waals surface area (Å²) in [6.07, 6.45) is 3.32. The van der Waals surface area contributed by atoms with Crippen molar-refractivity contribution in [1.29, 1.82) is 0 Å². The van der Waals surface area contributed by atoms with Crippen LogP contribution in [0.15, 0.2) is 60.7 Å². The lowest BCUT2D eigenvalue weighted by molar-refractivity contribution is -0.127. The van der Waals surface area contributed by atoms with Crippen molar-refractivity contribution in [3.8, 4) is 22.6 Å². The summed E-state index contributed by atoms with van der Waals surface area (Å²) in [5.41, 5.74) is 6.38. The number of hydrogen-bond acceptors (Lipinski definition) is 4. The average Bonchev–Trinajstić information content (AvgIpc) is 3.25. The van der Waals surface area contributed by atoms with Crippen LogP contribution in [0.2, 0.25) is 0 Å². The molecule has 34 heavy (non-hydrogen) atoms. The van der Waals surface area contributed by atoms with E-state index in [4.69, 9.17) is 9.47 Å². The van der Waals surface area contributed by atoms with Crippen molar-refractivity contribution in [1.82, 2.24) is 4.90 Å². The second-order valence-corrected chi connectivity index (χ2v) is 8.79. The summed E-state index contributed by atoms with van der Waals surface area (Å²) in [5.74, 6) is 1.86. The Morgan fingerprint density at radius 3 is 2.38 bits per heavy atom. The largest absolute Gasteiger partial charge is 0.494 e. The molecule has 0 spiro atoms. The van der Waals surface area contributed by atoms with Gasteiger partial charge in [-0.05, 0) is 97.0 Å². The maximum atomic E-state index is 11.7. The van der Waals surface area contributed by atoms with E-state index >= 15 is 0 Å². The highest BCUT2D eigenvalue weighted by Crippen LogP contribution is 2.32. The van der Waals surface area contributed by atoms with Crippen LogP contribution in [0.3, 0.4) is 0 Å². The van der Waals surface area contributed by atoms with Crippen molar-refractivity contribution >= 4 is 12.2 Å². The number of amides is 1. The summed E-state index contributed by atoms with van der Waals surface area (Å²) in [7, 11) is 0. The van der Waals surface area contributed by atoms with Gasteiger partial charge in [-0.25, -0.2) is 0 Å². The van der Waals surface area contributed by atoms with E-state index in [1.807, 2.05) is 23.1 Å². The van der Waals surface area contributed by atoms with Crippen LogP contribution >= 0.6 is 0 Å². The van der Waals surface area contributed by atoms with Gasteiger partial charge in [-0.3, -0.25) is 9.59 Å². The Hall–Kier alpha value is -3.60. The number of benzene rings is 3. The number of likely N-dealkylation sites (tertiary alicyclic amines) is 1. The summed E-state index contributed by atoms with van der Waals surface area (Å²) < 4.78 is 11.9. The van der Waals surface area contributed by atoms with Gasteiger partial charge >= 0.3 is 0 Å². The fourth-order valence-electron chi connectivity index (χ4n) is 4.47. The van der Waals surface area contributed by atoms with Crippen LogP contribution in [-0.4, -0.2) is 36.8 Å². The van der Waals surface area contributed by atoms with E-state index in [0.717, 1.165) is 66.0 Å². The van der Waals surface area contributed by atoms with E-state index in [2.05, 4.69) is 44.2 Å². The topological polar surface area (TPSA) is 55.8 Å². The molecule has 0 radical (unpaired) electrons. The fourth-order valence-corrected chi connectivity index (χ4v) is 4.47. The van der Waals surface area contributed by atoms with Gasteiger partial charge in [0, 0.05) is 25.1 Å². The van der Waals surface area contributed by atoms with Crippen LogP contribution in [-0.2, 0) is 11.4 Å². The smallest absolute Gasteiger partial charge is 0.222 e. The zero-order valence-corrected chi connectivity index (χ0v) is 19.9. The molecule has 1 fully saturated rings. The molecule has 1 aliphatic rings. The third-order valence-corrected chi connectivity index (χ3v) is 6.16. The van der Waals surface area contributed by atoms with Gasteiger partial charge in [0.15, 0.2) is 0 Å². The first-order chi connectivity index (χ1) is 16.5. The fraction of sp³-hybridized carbons (Fsp3) is 0.310. The van der Waals surface area contributed by atoms with Crippen molar-refractivity contribution in [2.45, 2.75) is 39.7 Å². The van der Waals surface area contributed by atoms with E-state index < -0.39 is 0 Å². The maximum Gasteiger partial charge on any atom is 0.222 e. The van der Waals surface area contributed by atoms with Gasteiger partial charge < -0.3 is 14.4 Å². The molecule has 1 saturated heterocycles. The third-order valence-electron chi connectivity index (χ3n) is 6.16. The normalized spacial score (nSPS) is 13.2. The summed E-state index contributed by atoms with van der Waals surface area (Å²) in [6.45, 7) is 6.91. The molecule has 0 aromatic heterocycles. The molecule has 0 atom stereocenters. The van der Waals surface area contributed by atoms with Crippen LogP contribution in [0.1, 0.15) is 46.3 Å². The first-order valence-corrected chi connectivity index (χ1v) is 11.8. The molecule has 0 aliphatic carbocycles. The number of rotatable bonds is 10. The molecule has 4 rings (SSSR count). The monoisotopic (exact) mass is 457 g/mol. The molecule has 3 aromatic rings. The number of nitrogens with zero attached hydrogens (tertiary/aromatic N) is 1. The quantitative estimate of drug-likeness (QED) is 0.287. The standard InChI is InChI=1S/C29H31NO4/c1-21-16-27(33-15-5-14-30-13-4-8-28(30)32)17-22(2)29(21)25-7-3-6-24(18-25)20-34-26-11-9-23(19-31)10-12-26/h3,6-7,9-12,16-19H,4-5,8,13-15,20H2,1-2H3. The summed E-state index contributed by atoms with van der Waals surface area (Å²) in [6, 6.07) is 19.7. The van der Waals surface area contributed by atoms with Crippen molar-refractivity contribution in [3.05, 3.63) is 82.9 Å². The predicted octanol–water partition coefficient (Wildman–Crippen LogP) is 5.75. The second-order valence-electron chi connectivity index (χ2n) is 8.79. The lowest BCUT2D eigenvalue weighted by atomic mass is 9.94. The number of carbonyl (C=O) groups excluding carboxylic acids is 2. The van der Waals surface area contributed by atoms with Gasteiger partial charge in [0.1, 0.15) is 24.4 Å². The van der Waals surface area contributed by atoms with Gasteiger partial charge in [0.2, 0.25) is 5.91 Å². The molecular weight excluding hydrogens is 426 g/mol. The van der Waals surface area contributed by atoms with Crippen LogP contribution in [0.4, 0.5) is 0 Å². The van der Waals surface area contributed by atoms with Crippen LogP contribution in [0, 0.1) is 13.8 Å². The number of aldehydes is 1. The number of hydrogen-bond donors (Lipinski definition) is 0. The number of carbonyl (C=O) groups is 2. The Kier molecular flexibility index (Phi) is 7.63. The molecule has 1 aliphatic heterocycles. The molecule has 5 heteroatoms. The first kappa shape index (κ1) is 23.6. The second kappa shape index (κ2) is 11.0. The Morgan fingerprint density at radius 1 is 0.941 bits per heavy atom. The zero-order valence-electron chi connectivity index (χ0n) is 19.9. The molecule has 0 bridgehead atoms. The molecule has 0 unspecified atom stereocenters. The molecule has 3 aromatic carbocycles. The Balaban J connectivity index is 1.38. The lowest BCUT2D eigenvalue weighted by Gasteiger charge is -2.17. The highest BCUT2D eigenvalue weighted by Gasteiger charge is 2.19. The average molecular weight is 458 g/mol. The van der Waals surface area contributed by atoms with Crippen LogP contribution in [0.25, 0.3) is 11.1 Å². The van der Waals surface area contributed by atoms with Crippen LogP contribution in [0.5, 0.6) is 11.5 Å². The van der Waals surface area contributed by atoms with Crippen LogP contribution < -0.4 is 9.47 Å². The molecule has 0 saturated carbocycles. The molecule has 5 nitrogen and oxygen atoms in total. The summed E-state index contributed by atoms with van der Waals surface area (Å²) in [5, 5.41) is 0. The highest BCUT2D eigenvalue weighted by molar-refractivity contribution is 5.78. The van der Waals surface area contributed by atoms with Gasteiger partial charge in [-0.1, -0.05) is 18.2 Å². The maximum absolute atomic E-state index is 11.7. The third kappa shape index (κ3) is 5.84.